The minimum absolute atomic E-state index is 0.0733. The van der Waals surface area contributed by atoms with Gasteiger partial charge in [0, 0.05) is 6.07 Å². The van der Waals surface area contributed by atoms with Gasteiger partial charge in [0.15, 0.2) is 5.69 Å². The number of aromatic nitrogens is 2. The molecule has 0 saturated heterocycles. The molecule has 7 heteroatoms. The van der Waals surface area contributed by atoms with Crippen molar-refractivity contribution in [2.75, 3.05) is 19.5 Å². The van der Waals surface area contributed by atoms with Crippen molar-refractivity contribution in [2.45, 2.75) is 0 Å². The highest BCUT2D eigenvalue weighted by atomic mass is 19.1. The van der Waals surface area contributed by atoms with Crippen molar-refractivity contribution < 1.29 is 18.7 Å². The molecule has 2 rings (SSSR count). The van der Waals surface area contributed by atoms with Crippen molar-refractivity contribution in [1.82, 2.24) is 9.97 Å². The zero-order chi connectivity index (χ0) is 14.5. The van der Waals surface area contributed by atoms with E-state index < -0.39 is 11.8 Å². The summed E-state index contributed by atoms with van der Waals surface area (Å²) in [5, 5.41) is 2.75. The number of hydrogen-bond acceptors (Lipinski definition) is 6. The van der Waals surface area contributed by atoms with Crippen LogP contribution in [0.5, 0.6) is 5.75 Å². The van der Waals surface area contributed by atoms with E-state index >= 15 is 0 Å². The maximum atomic E-state index is 13.6. The molecule has 6 nitrogen and oxygen atoms in total. The van der Waals surface area contributed by atoms with Crippen LogP contribution >= 0.6 is 0 Å². The molecule has 0 aliphatic heterocycles. The Morgan fingerprint density at radius 1 is 1.25 bits per heavy atom. The fraction of sp³-hybridized carbons (Fsp3) is 0.154. The number of esters is 1. The van der Waals surface area contributed by atoms with Gasteiger partial charge in [-0.2, -0.15) is 0 Å². The van der Waals surface area contributed by atoms with Crippen LogP contribution < -0.4 is 10.1 Å². The summed E-state index contributed by atoms with van der Waals surface area (Å²) in [6.45, 7) is 0. The molecule has 0 radical (unpaired) electrons. The molecule has 0 fully saturated rings. The Morgan fingerprint density at radius 2 is 2.05 bits per heavy atom. The van der Waals surface area contributed by atoms with Gasteiger partial charge in [-0.05, 0) is 12.1 Å². The average molecular weight is 277 g/mol. The molecule has 0 aliphatic carbocycles. The molecule has 0 atom stereocenters. The topological polar surface area (TPSA) is 73.3 Å². The SMILES string of the molecule is COC(=O)c1cnc(Nc2cc(OC)ccc2F)cn1. The number of nitrogens with one attached hydrogen (secondary N) is 1. The van der Waals surface area contributed by atoms with Gasteiger partial charge in [-0.3, -0.25) is 0 Å². The summed E-state index contributed by atoms with van der Waals surface area (Å²) in [6, 6.07) is 4.27. The largest absolute Gasteiger partial charge is 0.497 e. The number of carbonyl (C=O) groups is 1. The molecule has 0 spiro atoms. The maximum Gasteiger partial charge on any atom is 0.358 e. The second-order valence-electron chi connectivity index (χ2n) is 3.75. The summed E-state index contributed by atoms with van der Waals surface area (Å²) in [7, 11) is 2.74. The van der Waals surface area contributed by atoms with Gasteiger partial charge in [-0.1, -0.05) is 0 Å². The number of anilines is 2. The summed E-state index contributed by atoms with van der Waals surface area (Å²) >= 11 is 0. The number of halogens is 1. The van der Waals surface area contributed by atoms with Crippen LogP contribution in [0.2, 0.25) is 0 Å². The Labute approximate surface area is 114 Å². The second kappa shape index (κ2) is 5.96. The molecule has 2 aromatic rings. The number of carbonyl (C=O) groups excluding carboxylic acids is 1. The summed E-state index contributed by atoms with van der Waals surface area (Å²) in [5.41, 5.74) is 0.272. The fourth-order valence-electron chi connectivity index (χ4n) is 1.47. The van der Waals surface area contributed by atoms with E-state index in [0.29, 0.717) is 11.6 Å². The van der Waals surface area contributed by atoms with E-state index in [1.807, 2.05) is 0 Å². The minimum Gasteiger partial charge on any atom is -0.497 e. The van der Waals surface area contributed by atoms with Crippen molar-refractivity contribution in [3.63, 3.8) is 0 Å². The zero-order valence-corrected chi connectivity index (χ0v) is 10.9. The van der Waals surface area contributed by atoms with Gasteiger partial charge in [0.1, 0.15) is 17.4 Å². The first kappa shape index (κ1) is 13.7. The van der Waals surface area contributed by atoms with Crippen LogP contribution in [0.1, 0.15) is 10.5 Å². The van der Waals surface area contributed by atoms with Crippen molar-refractivity contribution in [2.24, 2.45) is 0 Å². The normalized spacial score (nSPS) is 9.95. The molecule has 1 aromatic carbocycles. The van der Waals surface area contributed by atoms with Crippen molar-refractivity contribution in [3.05, 3.63) is 42.1 Å². The predicted molar refractivity (Wildman–Crippen MR) is 69.6 cm³/mol. The zero-order valence-electron chi connectivity index (χ0n) is 10.9. The lowest BCUT2D eigenvalue weighted by Crippen LogP contribution is -2.06. The lowest BCUT2D eigenvalue weighted by Gasteiger charge is -2.08. The Kier molecular flexibility index (Phi) is 4.09. The van der Waals surface area contributed by atoms with E-state index in [9.17, 15) is 9.18 Å². The summed E-state index contributed by atoms with van der Waals surface area (Å²) in [6.07, 6.45) is 2.55. The highest BCUT2D eigenvalue weighted by Crippen LogP contribution is 2.23. The Bertz CT molecular complexity index is 617. The van der Waals surface area contributed by atoms with Gasteiger partial charge in [-0.15, -0.1) is 0 Å². The van der Waals surface area contributed by atoms with Crippen molar-refractivity contribution in [3.8, 4) is 5.75 Å². The second-order valence-corrected chi connectivity index (χ2v) is 3.75. The van der Waals surface area contributed by atoms with E-state index in [4.69, 9.17) is 4.74 Å². The van der Waals surface area contributed by atoms with E-state index in [0.717, 1.165) is 0 Å². The van der Waals surface area contributed by atoms with E-state index in [1.165, 1.54) is 44.8 Å². The molecule has 0 saturated carbocycles. The summed E-state index contributed by atoms with van der Waals surface area (Å²) in [4.78, 5) is 19.0. The van der Waals surface area contributed by atoms with Gasteiger partial charge in [0.25, 0.3) is 0 Å². The summed E-state index contributed by atoms with van der Waals surface area (Å²) in [5.74, 6) is -0.237. The van der Waals surface area contributed by atoms with Gasteiger partial charge in [0.2, 0.25) is 0 Å². The molecule has 1 N–H and O–H groups in total. The Balaban J connectivity index is 2.20. The number of rotatable bonds is 4. The van der Waals surface area contributed by atoms with E-state index in [-0.39, 0.29) is 11.4 Å². The van der Waals surface area contributed by atoms with Gasteiger partial charge in [0.05, 0.1) is 32.3 Å². The predicted octanol–water partition coefficient (Wildman–Crippen LogP) is 2.15. The number of methoxy groups -OCH3 is 2. The van der Waals surface area contributed by atoms with Crippen LogP contribution in [0.15, 0.2) is 30.6 Å². The van der Waals surface area contributed by atoms with Gasteiger partial charge in [-0.25, -0.2) is 19.2 Å². The molecule has 20 heavy (non-hydrogen) atoms. The van der Waals surface area contributed by atoms with Gasteiger partial charge < -0.3 is 14.8 Å². The third kappa shape index (κ3) is 3.00. The molecule has 0 unspecified atom stereocenters. The van der Waals surface area contributed by atoms with Crippen LogP contribution in [0.3, 0.4) is 0 Å². The number of benzene rings is 1. The lowest BCUT2D eigenvalue weighted by atomic mass is 10.3. The molecule has 104 valence electrons. The van der Waals surface area contributed by atoms with Crippen LogP contribution in [0, 0.1) is 5.82 Å². The highest BCUT2D eigenvalue weighted by molar-refractivity contribution is 5.86. The third-order valence-corrected chi connectivity index (χ3v) is 2.48. The van der Waals surface area contributed by atoms with Crippen LogP contribution in [-0.4, -0.2) is 30.2 Å². The quantitative estimate of drug-likeness (QED) is 0.863. The average Bonchev–Trinajstić information content (AvgIpc) is 2.49. The molecule has 1 aromatic heterocycles. The van der Waals surface area contributed by atoms with Crippen molar-refractivity contribution >= 4 is 17.5 Å². The third-order valence-electron chi connectivity index (χ3n) is 2.48. The molecule has 0 bridgehead atoms. The van der Waals surface area contributed by atoms with E-state index in [1.54, 1.807) is 0 Å². The minimum atomic E-state index is -0.586. The molecular formula is C13H12FN3O3. The maximum absolute atomic E-state index is 13.6. The Hall–Kier alpha value is -2.70. The van der Waals surface area contributed by atoms with Crippen molar-refractivity contribution in [1.29, 1.82) is 0 Å². The molecule has 1 heterocycles. The molecule has 0 aliphatic rings. The lowest BCUT2D eigenvalue weighted by molar-refractivity contribution is 0.0593. The fourth-order valence-corrected chi connectivity index (χ4v) is 1.47. The molecular weight excluding hydrogens is 265 g/mol. The standard InChI is InChI=1S/C13H12FN3O3/c1-19-8-3-4-9(14)10(5-8)17-12-7-15-11(6-16-12)13(18)20-2/h3-7H,1-2H3,(H,16,17). The first-order valence-electron chi connectivity index (χ1n) is 5.65. The van der Waals surface area contributed by atoms with Gasteiger partial charge >= 0.3 is 5.97 Å². The number of hydrogen-bond donors (Lipinski definition) is 1. The number of ether oxygens (including phenoxy) is 2. The first-order valence-corrected chi connectivity index (χ1v) is 5.65. The Morgan fingerprint density at radius 3 is 2.65 bits per heavy atom. The smallest absolute Gasteiger partial charge is 0.358 e. The van der Waals surface area contributed by atoms with Crippen LogP contribution in [0.25, 0.3) is 0 Å². The molecule has 0 amide bonds. The first-order chi connectivity index (χ1) is 9.63. The number of nitrogens with zero attached hydrogens (tertiary/aromatic N) is 2. The highest BCUT2D eigenvalue weighted by Gasteiger charge is 2.09. The monoisotopic (exact) mass is 277 g/mol. The van der Waals surface area contributed by atoms with E-state index in [2.05, 4.69) is 20.0 Å². The van der Waals surface area contributed by atoms with Crippen LogP contribution in [-0.2, 0) is 4.74 Å². The summed E-state index contributed by atoms with van der Waals surface area (Å²) < 4.78 is 23.1. The van der Waals surface area contributed by atoms with Crippen LogP contribution in [0.4, 0.5) is 15.9 Å².